The molecule has 1 aromatic carbocycles. The van der Waals surface area contributed by atoms with Crippen LogP contribution < -0.4 is 0 Å². The highest BCUT2D eigenvalue weighted by Gasteiger charge is 2.41. The summed E-state index contributed by atoms with van der Waals surface area (Å²) >= 11 is 0. The van der Waals surface area contributed by atoms with Crippen LogP contribution in [0.3, 0.4) is 0 Å². The van der Waals surface area contributed by atoms with E-state index in [1.807, 2.05) is 9.58 Å². The smallest absolute Gasteiger partial charge is 0.396 e. The van der Waals surface area contributed by atoms with Gasteiger partial charge in [0, 0.05) is 63.6 Å². The van der Waals surface area contributed by atoms with Crippen molar-refractivity contribution in [2.45, 2.75) is 56.2 Å². The van der Waals surface area contributed by atoms with E-state index < -0.39 is 11.7 Å². The third-order valence-corrected chi connectivity index (χ3v) is 8.78. The molecule has 1 saturated carbocycles. The summed E-state index contributed by atoms with van der Waals surface area (Å²) in [6.07, 6.45) is 1.19. The lowest BCUT2D eigenvalue weighted by Gasteiger charge is -2.43. The number of alkyl halides is 3. The van der Waals surface area contributed by atoms with Gasteiger partial charge in [-0.05, 0) is 43.7 Å². The number of likely N-dealkylation sites (tertiary alicyclic amines) is 3. The fourth-order valence-corrected chi connectivity index (χ4v) is 6.41. The van der Waals surface area contributed by atoms with Crippen molar-refractivity contribution in [2.24, 2.45) is 5.92 Å². The second-order valence-electron chi connectivity index (χ2n) is 11.4. The number of aliphatic hydroxyl groups is 1. The average molecular weight is 546 g/mol. The van der Waals surface area contributed by atoms with Crippen molar-refractivity contribution < 1.29 is 27.9 Å². The Hall–Kier alpha value is -3.08. The molecule has 4 aliphatic rings. The van der Waals surface area contributed by atoms with E-state index >= 15 is 0 Å². The van der Waals surface area contributed by atoms with Gasteiger partial charge in [-0.2, -0.15) is 18.3 Å². The summed E-state index contributed by atoms with van der Waals surface area (Å²) in [6, 6.07) is 5.78. The molecule has 1 aromatic heterocycles. The second-order valence-corrected chi connectivity index (χ2v) is 11.4. The average Bonchev–Trinajstić information content (AvgIpc) is 3.45. The van der Waals surface area contributed by atoms with Crippen molar-refractivity contribution in [3.05, 3.63) is 52.8 Å². The topological polar surface area (TPSA) is 81.9 Å². The van der Waals surface area contributed by atoms with Gasteiger partial charge in [-0.15, -0.1) is 0 Å². The number of hydrogen-bond acceptors (Lipinski definition) is 4. The van der Waals surface area contributed by atoms with E-state index in [1.165, 1.54) is 12.1 Å². The molecule has 3 amide bonds. The van der Waals surface area contributed by atoms with Gasteiger partial charge in [-0.25, -0.2) is 4.79 Å². The van der Waals surface area contributed by atoms with Gasteiger partial charge in [-0.1, -0.05) is 18.2 Å². The Bertz CT molecular complexity index is 1230. The molecule has 3 saturated heterocycles. The highest BCUT2D eigenvalue weighted by atomic mass is 19.4. The minimum atomic E-state index is -4.43. The quantitative estimate of drug-likeness (QED) is 0.614. The van der Waals surface area contributed by atoms with Crippen LogP contribution in [-0.4, -0.2) is 87.4 Å². The summed E-state index contributed by atoms with van der Waals surface area (Å²) in [7, 11) is 0. The van der Waals surface area contributed by atoms with Crippen molar-refractivity contribution in [3.8, 4) is 0 Å². The fraction of sp³-hybridized carbons (Fsp3) is 0.607. The second kappa shape index (κ2) is 10.1. The molecular weight excluding hydrogens is 511 g/mol. The van der Waals surface area contributed by atoms with Crippen LogP contribution >= 0.6 is 0 Å². The first-order valence-corrected chi connectivity index (χ1v) is 13.9. The minimum Gasteiger partial charge on any atom is -0.396 e. The SMILES string of the molecule is O=C(c1cnn(C2CCN(C(=O)N3CC(CO)C3)CC2)c1C1CC1)N1CC[C@@H](c2ccccc2C(F)(F)F)C1. The first kappa shape index (κ1) is 26.2. The number of nitrogens with zero attached hydrogens (tertiary/aromatic N) is 5. The summed E-state index contributed by atoms with van der Waals surface area (Å²) in [6.45, 7) is 3.21. The number of aliphatic hydroxyl groups excluding tert-OH is 1. The largest absolute Gasteiger partial charge is 0.416 e. The van der Waals surface area contributed by atoms with E-state index in [1.54, 1.807) is 22.1 Å². The first-order valence-electron chi connectivity index (χ1n) is 13.9. The van der Waals surface area contributed by atoms with Gasteiger partial charge >= 0.3 is 12.2 Å². The zero-order valence-corrected chi connectivity index (χ0v) is 21.8. The lowest BCUT2D eigenvalue weighted by molar-refractivity contribution is -0.138. The summed E-state index contributed by atoms with van der Waals surface area (Å²) in [5.41, 5.74) is 1.14. The van der Waals surface area contributed by atoms with E-state index in [0.717, 1.165) is 37.4 Å². The maximum Gasteiger partial charge on any atom is 0.416 e. The minimum absolute atomic E-state index is 0.0209. The van der Waals surface area contributed by atoms with Gasteiger partial charge in [0.1, 0.15) is 0 Å². The molecule has 6 rings (SSSR count). The lowest BCUT2D eigenvalue weighted by Crippen LogP contribution is -2.57. The van der Waals surface area contributed by atoms with E-state index in [-0.39, 0.29) is 54.4 Å². The Labute approximate surface area is 225 Å². The van der Waals surface area contributed by atoms with Crippen molar-refractivity contribution in [2.75, 3.05) is 45.9 Å². The Morgan fingerprint density at radius 2 is 1.59 bits per heavy atom. The van der Waals surface area contributed by atoms with Gasteiger partial charge in [0.15, 0.2) is 0 Å². The normalized spacial score (nSPS) is 22.9. The van der Waals surface area contributed by atoms with Crippen LogP contribution in [0.4, 0.5) is 18.0 Å². The van der Waals surface area contributed by atoms with Crippen molar-refractivity contribution in [3.63, 3.8) is 0 Å². The standard InChI is InChI=1S/C28H34F3N5O3/c29-28(30,31)24-4-2-1-3-22(24)20-7-10-34(16-20)26(38)23-13-32-36(25(23)19-5-6-19)21-8-11-33(12-9-21)27(39)35-14-18(15-35)17-37/h1-4,13,18-21,37H,5-12,14-17H2/t20-/m1/s1. The molecule has 4 heterocycles. The third kappa shape index (κ3) is 5.01. The van der Waals surface area contributed by atoms with E-state index in [4.69, 9.17) is 0 Å². The number of aromatic nitrogens is 2. The molecular formula is C28H34F3N5O3. The predicted molar refractivity (Wildman–Crippen MR) is 136 cm³/mol. The number of benzene rings is 1. The maximum absolute atomic E-state index is 13.6. The fourth-order valence-electron chi connectivity index (χ4n) is 6.41. The molecule has 0 radical (unpaired) electrons. The molecule has 3 aliphatic heterocycles. The van der Waals surface area contributed by atoms with Gasteiger partial charge < -0.3 is 19.8 Å². The van der Waals surface area contributed by atoms with Crippen molar-refractivity contribution >= 4 is 11.9 Å². The van der Waals surface area contributed by atoms with Crippen LogP contribution in [0, 0.1) is 5.92 Å². The third-order valence-electron chi connectivity index (χ3n) is 8.78. The van der Waals surface area contributed by atoms with Crippen LogP contribution in [-0.2, 0) is 6.18 Å². The number of rotatable bonds is 5. The number of carbonyl (C=O) groups excluding carboxylic acids is 2. The molecule has 1 N–H and O–H groups in total. The van der Waals surface area contributed by atoms with E-state index in [2.05, 4.69) is 5.10 Å². The Kier molecular flexibility index (Phi) is 6.81. The van der Waals surface area contributed by atoms with Crippen molar-refractivity contribution in [1.29, 1.82) is 0 Å². The molecule has 0 spiro atoms. The molecule has 0 bridgehead atoms. The number of urea groups is 1. The number of piperidine rings is 1. The maximum atomic E-state index is 13.6. The molecule has 2 aromatic rings. The first-order chi connectivity index (χ1) is 18.7. The Morgan fingerprint density at radius 3 is 2.26 bits per heavy atom. The van der Waals surface area contributed by atoms with Crippen LogP contribution in [0.15, 0.2) is 30.5 Å². The molecule has 8 nitrogen and oxygen atoms in total. The highest BCUT2D eigenvalue weighted by Crippen LogP contribution is 2.44. The Morgan fingerprint density at radius 1 is 0.897 bits per heavy atom. The highest BCUT2D eigenvalue weighted by molar-refractivity contribution is 5.95. The predicted octanol–water partition coefficient (Wildman–Crippen LogP) is 4.09. The molecule has 210 valence electrons. The Balaban J connectivity index is 1.13. The number of hydrogen-bond donors (Lipinski definition) is 1. The van der Waals surface area contributed by atoms with Crippen LogP contribution in [0.2, 0.25) is 0 Å². The van der Waals surface area contributed by atoms with Crippen molar-refractivity contribution in [1.82, 2.24) is 24.5 Å². The monoisotopic (exact) mass is 545 g/mol. The van der Waals surface area contributed by atoms with Gasteiger partial charge in [0.05, 0.1) is 29.1 Å². The van der Waals surface area contributed by atoms with Crippen LogP contribution in [0.1, 0.15) is 77.2 Å². The molecule has 0 unspecified atom stereocenters. The molecule has 11 heteroatoms. The van der Waals surface area contributed by atoms with Crippen LogP contribution in [0.5, 0.6) is 0 Å². The lowest BCUT2D eigenvalue weighted by atomic mass is 9.93. The molecule has 1 atom stereocenters. The van der Waals surface area contributed by atoms with Gasteiger partial charge in [-0.3, -0.25) is 9.48 Å². The number of amides is 3. The number of carbonyl (C=O) groups is 2. The summed E-state index contributed by atoms with van der Waals surface area (Å²) in [5, 5.41) is 13.9. The van der Waals surface area contributed by atoms with Gasteiger partial charge in [0.2, 0.25) is 0 Å². The molecule has 39 heavy (non-hydrogen) atoms. The molecule has 1 aliphatic carbocycles. The zero-order chi connectivity index (χ0) is 27.3. The van der Waals surface area contributed by atoms with E-state index in [9.17, 15) is 27.9 Å². The number of halogens is 3. The van der Waals surface area contributed by atoms with Gasteiger partial charge in [0.25, 0.3) is 5.91 Å². The summed E-state index contributed by atoms with van der Waals surface area (Å²) < 4.78 is 42.7. The van der Waals surface area contributed by atoms with Crippen LogP contribution in [0.25, 0.3) is 0 Å². The molecule has 4 fully saturated rings. The summed E-state index contributed by atoms with van der Waals surface area (Å²) in [5.74, 6) is -0.0593. The zero-order valence-electron chi connectivity index (χ0n) is 21.8. The van der Waals surface area contributed by atoms with E-state index in [0.29, 0.717) is 44.7 Å². The summed E-state index contributed by atoms with van der Waals surface area (Å²) in [4.78, 5) is 31.7.